The second-order valence-electron chi connectivity index (χ2n) is 4.39. The van der Waals surface area contributed by atoms with Gasteiger partial charge in [-0.05, 0) is 36.4 Å². The monoisotopic (exact) mass is 258 g/mol. The molecule has 1 heterocycles. The van der Waals surface area contributed by atoms with Gasteiger partial charge in [0.05, 0.1) is 17.1 Å². The average molecular weight is 258 g/mol. The summed E-state index contributed by atoms with van der Waals surface area (Å²) in [7, 11) is 0. The molecule has 0 unspecified atom stereocenters. The lowest BCUT2D eigenvalue weighted by molar-refractivity contribution is 0.104. The fourth-order valence-corrected chi connectivity index (χ4v) is 2.15. The van der Waals surface area contributed by atoms with Crippen molar-refractivity contribution in [2.45, 2.75) is 0 Å². The summed E-state index contributed by atoms with van der Waals surface area (Å²) in [5, 5.41) is 9.62. The molecule has 0 N–H and O–H groups in total. The fraction of sp³-hybridized carbons (Fsp3) is 0. The van der Waals surface area contributed by atoms with Gasteiger partial charge < -0.3 is 0 Å². The van der Waals surface area contributed by atoms with E-state index in [2.05, 4.69) is 4.98 Å². The Labute approximate surface area is 116 Å². The highest BCUT2D eigenvalue weighted by molar-refractivity contribution is 6.15. The van der Waals surface area contributed by atoms with E-state index < -0.39 is 0 Å². The van der Waals surface area contributed by atoms with Crippen LogP contribution in [-0.2, 0) is 0 Å². The molecule has 0 aliphatic rings. The molecule has 0 spiro atoms. The normalized spacial score (nSPS) is 10.2. The van der Waals surface area contributed by atoms with Gasteiger partial charge in [0.25, 0.3) is 0 Å². The largest absolute Gasteiger partial charge is 0.289 e. The molecule has 2 aromatic carbocycles. The molecular weight excluding hydrogens is 248 g/mol. The van der Waals surface area contributed by atoms with E-state index in [1.165, 1.54) is 0 Å². The van der Waals surface area contributed by atoms with Gasteiger partial charge in [-0.1, -0.05) is 18.2 Å². The number of ketones is 1. The molecule has 0 bridgehead atoms. The van der Waals surface area contributed by atoms with Crippen molar-refractivity contribution >= 4 is 16.7 Å². The van der Waals surface area contributed by atoms with Crippen molar-refractivity contribution in [3.63, 3.8) is 0 Å². The molecule has 0 amide bonds. The third kappa shape index (κ3) is 2.04. The number of nitriles is 1. The number of pyridine rings is 1. The Hall–Kier alpha value is -2.99. The molecule has 1 aromatic heterocycles. The topological polar surface area (TPSA) is 53.8 Å². The molecule has 0 fully saturated rings. The van der Waals surface area contributed by atoms with Crippen molar-refractivity contribution < 1.29 is 4.79 Å². The van der Waals surface area contributed by atoms with Gasteiger partial charge in [0.2, 0.25) is 0 Å². The van der Waals surface area contributed by atoms with E-state index in [1.807, 2.05) is 30.3 Å². The zero-order chi connectivity index (χ0) is 13.9. The Bertz CT molecular complexity index is 824. The standard InChI is InChI=1S/C17H10N2O/c18-11-12-5-7-13(8-6-12)17(20)15-9-10-19-16-4-2-1-3-14(15)16/h1-10H. The van der Waals surface area contributed by atoms with Crippen LogP contribution in [0.5, 0.6) is 0 Å². The molecule has 3 rings (SSSR count). The predicted molar refractivity (Wildman–Crippen MR) is 76.3 cm³/mol. The van der Waals surface area contributed by atoms with Crippen molar-refractivity contribution in [3.05, 3.63) is 77.5 Å². The van der Waals surface area contributed by atoms with E-state index in [0.29, 0.717) is 16.7 Å². The SMILES string of the molecule is N#Cc1ccc(C(=O)c2ccnc3ccccc23)cc1. The van der Waals surface area contributed by atoms with Crippen LogP contribution in [0.25, 0.3) is 10.9 Å². The third-order valence-electron chi connectivity index (χ3n) is 3.17. The molecule has 3 heteroatoms. The van der Waals surface area contributed by atoms with E-state index in [9.17, 15) is 4.79 Å². The minimum absolute atomic E-state index is 0.0620. The van der Waals surface area contributed by atoms with Gasteiger partial charge in [-0.15, -0.1) is 0 Å². The highest BCUT2D eigenvalue weighted by atomic mass is 16.1. The summed E-state index contributed by atoms with van der Waals surface area (Å²) in [5.74, 6) is -0.0620. The molecule has 0 aliphatic heterocycles. The van der Waals surface area contributed by atoms with Crippen molar-refractivity contribution in [3.8, 4) is 6.07 Å². The van der Waals surface area contributed by atoms with Crippen LogP contribution in [0.3, 0.4) is 0 Å². The zero-order valence-corrected chi connectivity index (χ0v) is 10.6. The van der Waals surface area contributed by atoms with Crippen LogP contribution >= 0.6 is 0 Å². The smallest absolute Gasteiger partial charge is 0.193 e. The van der Waals surface area contributed by atoms with E-state index in [4.69, 9.17) is 5.26 Å². The molecule has 0 saturated heterocycles. The minimum Gasteiger partial charge on any atom is -0.289 e. The molecule has 3 aromatic rings. The summed E-state index contributed by atoms with van der Waals surface area (Å²) in [6, 6.07) is 18.0. The Morgan fingerprint density at radius 2 is 1.75 bits per heavy atom. The quantitative estimate of drug-likeness (QED) is 0.662. The van der Waals surface area contributed by atoms with E-state index >= 15 is 0 Å². The first kappa shape index (κ1) is 12.1. The Kier molecular flexibility index (Phi) is 2.98. The van der Waals surface area contributed by atoms with Crippen molar-refractivity contribution in [1.29, 1.82) is 5.26 Å². The van der Waals surface area contributed by atoms with Gasteiger partial charge in [0, 0.05) is 22.7 Å². The number of hydrogen-bond donors (Lipinski definition) is 0. The Morgan fingerprint density at radius 1 is 1.00 bits per heavy atom. The van der Waals surface area contributed by atoms with Gasteiger partial charge in [0.15, 0.2) is 5.78 Å². The maximum atomic E-state index is 12.5. The van der Waals surface area contributed by atoms with Gasteiger partial charge in [0.1, 0.15) is 0 Å². The van der Waals surface area contributed by atoms with Crippen LogP contribution < -0.4 is 0 Å². The van der Waals surface area contributed by atoms with Crippen molar-refractivity contribution in [2.24, 2.45) is 0 Å². The maximum Gasteiger partial charge on any atom is 0.193 e. The van der Waals surface area contributed by atoms with Crippen LogP contribution in [0.15, 0.2) is 60.8 Å². The number of rotatable bonds is 2. The third-order valence-corrected chi connectivity index (χ3v) is 3.17. The summed E-state index contributed by atoms with van der Waals surface area (Å²) in [4.78, 5) is 16.8. The first-order valence-electron chi connectivity index (χ1n) is 6.18. The summed E-state index contributed by atoms with van der Waals surface area (Å²) < 4.78 is 0. The fourth-order valence-electron chi connectivity index (χ4n) is 2.15. The number of hydrogen-bond acceptors (Lipinski definition) is 3. The first-order valence-corrected chi connectivity index (χ1v) is 6.18. The molecular formula is C17H10N2O. The highest BCUT2D eigenvalue weighted by Gasteiger charge is 2.12. The lowest BCUT2D eigenvalue weighted by Crippen LogP contribution is -2.02. The van der Waals surface area contributed by atoms with Crippen LogP contribution in [0.4, 0.5) is 0 Å². The Balaban J connectivity index is 2.10. The average Bonchev–Trinajstić information content (AvgIpc) is 2.54. The molecule has 20 heavy (non-hydrogen) atoms. The summed E-state index contributed by atoms with van der Waals surface area (Å²) in [5.41, 5.74) is 2.54. The van der Waals surface area contributed by atoms with Crippen LogP contribution in [0, 0.1) is 11.3 Å². The number of fused-ring (bicyclic) bond motifs is 1. The second-order valence-corrected chi connectivity index (χ2v) is 4.39. The van der Waals surface area contributed by atoms with Crippen LogP contribution in [0.1, 0.15) is 21.5 Å². The molecule has 0 saturated carbocycles. The Morgan fingerprint density at radius 3 is 2.50 bits per heavy atom. The number of carbonyl (C=O) groups is 1. The van der Waals surface area contributed by atoms with Crippen LogP contribution in [-0.4, -0.2) is 10.8 Å². The van der Waals surface area contributed by atoms with Crippen molar-refractivity contribution in [1.82, 2.24) is 4.98 Å². The maximum absolute atomic E-state index is 12.5. The number of benzene rings is 2. The predicted octanol–water partition coefficient (Wildman–Crippen LogP) is 3.34. The van der Waals surface area contributed by atoms with E-state index in [0.717, 1.165) is 10.9 Å². The zero-order valence-electron chi connectivity index (χ0n) is 10.6. The molecule has 0 atom stereocenters. The number of para-hydroxylation sites is 1. The van der Waals surface area contributed by atoms with Crippen LogP contribution in [0.2, 0.25) is 0 Å². The molecule has 0 aliphatic carbocycles. The van der Waals surface area contributed by atoms with Gasteiger partial charge in [-0.2, -0.15) is 5.26 Å². The first-order chi connectivity index (χ1) is 9.79. The minimum atomic E-state index is -0.0620. The van der Waals surface area contributed by atoms with Gasteiger partial charge >= 0.3 is 0 Å². The van der Waals surface area contributed by atoms with E-state index in [1.54, 1.807) is 36.5 Å². The summed E-state index contributed by atoms with van der Waals surface area (Å²) >= 11 is 0. The molecule has 0 radical (unpaired) electrons. The highest BCUT2D eigenvalue weighted by Crippen LogP contribution is 2.19. The number of carbonyl (C=O) groups excluding carboxylic acids is 1. The lowest BCUT2D eigenvalue weighted by Gasteiger charge is -2.05. The molecule has 94 valence electrons. The summed E-state index contributed by atoms with van der Waals surface area (Å²) in [6.07, 6.45) is 1.64. The van der Waals surface area contributed by atoms with Crippen molar-refractivity contribution in [2.75, 3.05) is 0 Å². The number of nitrogens with zero attached hydrogens (tertiary/aromatic N) is 2. The van der Waals surface area contributed by atoms with Gasteiger partial charge in [-0.3, -0.25) is 9.78 Å². The number of aromatic nitrogens is 1. The van der Waals surface area contributed by atoms with Gasteiger partial charge in [-0.25, -0.2) is 0 Å². The van der Waals surface area contributed by atoms with E-state index in [-0.39, 0.29) is 5.78 Å². The lowest BCUT2D eigenvalue weighted by atomic mass is 9.99. The molecule has 3 nitrogen and oxygen atoms in total. The second kappa shape index (κ2) is 4.94. The summed E-state index contributed by atoms with van der Waals surface area (Å²) in [6.45, 7) is 0.